The standard InChI is InChI=1S/C26H24ClN3O3/c1-16-5-4-12-28-23(16)15-29-25(31)14-21-17(2)30(24-11-10-20(33-3)13-22(21)24)26(32)18-6-8-19(27)9-7-18/h4-13H,14-15H2,1-3H3,(H,29,31). The van der Waals surface area contributed by atoms with E-state index in [2.05, 4.69) is 10.3 Å². The number of aryl methyl sites for hydroxylation is 1. The second kappa shape index (κ2) is 9.46. The van der Waals surface area contributed by atoms with E-state index in [1.54, 1.807) is 48.2 Å². The van der Waals surface area contributed by atoms with Crippen LogP contribution in [0.25, 0.3) is 10.9 Å². The van der Waals surface area contributed by atoms with Crippen LogP contribution in [0.2, 0.25) is 5.02 Å². The Morgan fingerprint density at radius 1 is 1.09 bits per heavy atom. The highest BCUT2D eigenvalue weighted by molar-refractivity contribution is 6.30. The third-order valence-corrected chi connectivity index (χ3v) is 6.00. The van der Waals surface area contributed by atoms with Gasteiger partial charge in [-0.3, -0.25) is 19.1 Å². The number of methoxy groups -OCH3 is 1. The molecular formula is C26H24ClN3O3. The second-order valence-corrected chi connectivity index (χ2v) is 8.25. The molecule has 0 aliphatic carbocycles. The van der Waals surface area contributed by atoms with Gasteiger partial charge in [-0.15, -0.1) is 0 Å². The number of nitrogens with zero attached hydrogens (tertiary/aromatic N) is 2. The molecule has 0 saturated heterocycles. The van der Waals surface area contributed by atoms with Gasteiger partial charge in [0.2, 0.25) is 5.91 Å². The largest absolute Gasteiger partial charge is 0.497 e. The molecule has 0 aliphatic rings. The third-order valence-electron chi connectivity index (χ3n) is 5.74. The number of hydrogen-bond acceptors (Lipinski definition) is 4. The summed E-state index contributed by atoms with van der Waals surface area (Å²) >= 11 is 5.99. The van der Waals surface area contributed by atoms with Gasteiger partial charge in [-0.2, -0.15) is 0 Å². The zero-order valence-electron chi connectivity index (χ0n) is 18.7. The maximum Gasteiger partial charge on any atom is 0.262 e. The van der Waals surface area contributed by atoms with E-state index in [-0.39, 0.29) is 18.2 Å². The van der Waals surface area contributed by atoms with E-state index in [9.17, 15) is 9.59 Å². The molecule has 0 aliphatic heterocycles. The summed E-state index contributed by atoms with van der Waals surface area (Å²) < 4.78 is 7.03. The summed E-state index contributed by atoms with van der Waals surface area (Å²) in [6, 6.07) is 16.1. The van der Waals surface area contributed by atoms with Crippen molar-refractivity contribution in [3.63, 3.8) is 0 Å². The first-order chi connectivity index (χ1) is 15.9. The van der Waals surface area contributed by atoms with Gasteiger partial charge in [0.25, 0.3) is 5.91 Å². The van der Waals surface area contributed by atoms with Crippen molar-refractivity contribution in [2.45, 2.75) is 26.8 Å². The first kappa shape index (κ1) is 22.6. The number of benzene rings is 2. The van der Waals surface area contributed by atoms with E-state index in [0.29, 0.717) is 28.6 Å². The van der Waals surface area contributed by atoms with Crippen LogP contribution in [0.4, 0.5) is 0 Å². The number of halogens is 1. The number of fused-ring (bicyclic) bond motifs is 1. The minimum absolute atomic E-state index is 0.127. The Morgan fingerprint density at radius 2 is 1.85 bits per heavy atom. The molecule has 2 heterocycles. The van der Waals surface area contributed by atoms with Crippen LogP contribution < -0.4 is 10.1 Å². The van der Waals surface area contributed by atoms with Crippen LogP contribution >= 0.6 is 11.6 Å². The molecule has 33 heavy (non-hydrogen) atoms. The Bertz CT molecular complexity index is 1340. The highest BCUT2D eigenvalue weighted by Crippen LogP contribution is 2.31. The van der Waals surface area contributed by atoms with E-state index in [1.165, 1.54) is 0 Å². The van der Waals surface area contributed by atoms with E-state index in [0.717, 1.165) is 27.7 Å². The van der Waals surface area contributed by atoms with E-state index in [1.807, 2.05) is 38.1 Å². The quantitative estimate of drug-likeness (QED) is 0.445. The van der Waals surface area contributed by atoms with Crippen molar-refractivity contribution in [2.75, 3.05) is 7.11 Å². The van der Waals surface area contributed by atoms with Crippen molar-refractivity contribution in [2.24, 2.45) is 0 Å². The van der Waals surface area contributed by atoms with Crippen molar-refractivity contribution >= 4 is 34.3 Å². The van der Waals surface area contributed by atoms with Crippen molar-refractivity contribution in [1.29, 1.82) is 0 Å². The maximum atomic E-state index is 13.4. The molecule has 0 bridgehead atoms. The fraction of sp³-hybridized carbons (Fsp3) is 0.192. The molecule has 0 spiro atoms. The first-order valence-electron chi connectivity index (χ1n) is 10.5. The molecule has 7 heteroatoms. The maximum absolute atomic E-state index is 13.4. The molecule has 0 saturated carbocycles. The van der Waals surface area contributed by atoms with E-state index in [4.69, 9.17) is 16.3 Å². The molecule has 6 nitrogen and oxygen atoms in total. The fourth-order valence-electron chi connectivity index (χ4n) is 3.90. The van der Waals surface area contributed by atoms with Gasteiger partial charge in [0.1, 0.15) is 5.75 Å². The minimum atomic E-state index is -0.185. The lowest BCUT2D eigenvalue weighted by Crippen LogP contribution is -2.25. The number of hydrogen-bond donors (Lipinski definition) is 1. The summed E-state index contributed by atoms with van der Waals surface area (Å²) in [5.41, 5.74) is 4.56. The van der Waals surface area contributed by atoms with Crippen LogP contribution in [-0.4, -0.2) is 28.5 Å². The zero-order valence-corrected chi connectivity index (χ0v) is 19.4. The van der Waals surface area contributed by atoms with Gasteiger partial charge in [0.15, 0.2) is 0 Å². The lowest BCUT2D eigenvalue weighted by atomic mass is 10.1. The number of carbonyl (C=O) groups excluding carboxylic acids is 2. The first-order valence-corrected chi connectivity index (χ1v) is 10.9. The molecular weight excluding hydrogens is 438 g/mol. The van der Waals surface area contributed by atoms with E-state index >= 15 is 0 Å². The summed E-state index contributed by atoms with van der Waals surface area (Å²) in [6.45, 7) is 4.16. The Hall–Kier alpha value is -3.64. The fourth-order valence-corrected chi connectivity index (χ4v) is 4.03. The predicted molar refractivity (Wildman–Crippen MR) is 129 cm³/mol. The number of carbonyl (C=O) groups is 2. The number of aromatic nitrogens is 2. The number of amides is 1. The predicted octanol–water partition coefficient (Wildman–Crippen LogP) is 4.86. The Morgan fingerprint density at radius 3 is 2.55 bits per heavy atom. The summed E-state index contributed by atoms with van der Waals surface area (Å²) in [4.78, 5) is 30.6. The minimum Gasteiger partial charge on any atom is -0.497 e. The lowest BCUT2D eigenvalue weighted by molar-refractivity contribution is -0.120. The van der Waals surface area contributed by atoms with Crippen LogP contribution in [0.5, 0.6) is 5.75 Å². The third kappa shape index (κ3) is 4.61. The van der Waals surface area contributed by atoms with Crippen LogP contribution in [0.15, 0.2) is 60.8 Å². The van der Waals surface area contributed by atoms with Crippen LogP contribution in [-0.2, 0) is 17.8 Å². The monoisotopic (exact) mass is 461 g/mol. The van der Waals surface area contributed by atoms with Gasteiger partial charge in [0.05, 0.1) is 31.3 Å². The molecule has 1 N–H and O–H groups in total. The summed E-state index contributed by atoms with van der Waals surface area (Å²) in [5.74, 6) is 0.323. The van der Waals surface area contributed by atoms with Gasteiger partial charge in [-0.1, -0.05) is 17.7 Å². The second-order valence-electron chi connectivity index (χ2n) is 7.81. The summed E-state index contributed by atoms with van der Waals surface area (Å²) in [5, 5.41) is 4.31. The van der Waals surface area contributed by atoms with Crippen molar-refractivity contribution in [1.82, 2.24) is 14.9 Å². The normalized spacial score (nSPS) is 10.9. The molecule has 2 aromatic heterocycles. The number of nitrogens with one attached hydrogen (secondary N) is 1. The van der Waals surface area contributed by atoms with Crippen LogP contribution in [0.3, 0.4) is 0 Å². The molecule has 0 unspecified atom stereocenters. The molecule has 4 rings (SSSR count). The van der Waals surface area contributed by atoms with Crippen LogP contribution in [0, 0.1) is 13.8 Å². The van der Waals surface area contributed by atoms with Gasteiger partial charge in [-0.05, 0) is 73.5 Å². The lowest BCUT2D eigenvalue weighted by Gasteiger charge is -2.09. The van der Waals surface area contributed by atoms with E-state index < -0.39 is 0 Å². The molecule has 4 aromatic rings. The van der Waals surface area contributed by atoms with Crippen LogP contribution in [0.1, 0.15) is 32.9 Å². The number of pyridine rings is 1. The number of ether oxygens (including phenoxy) is 1. The van der Waals surface area contributed by atoms with Crippen molar-refractivity contribution in [3.05, 3.63) is 93.9 Å². The highest BCUT2D eigenvalue weighted by Gasteiger charge is 2.22. The Labute approximate surface area is 197 Å². The van der Waals surface area contributed by atoms with Gasteiger partial charge < -0.3 is 10.1 Å². The molecule has 1 amide bonds. The smallest absolute Gasteiger partial charge is 0.262 e. The molecule has 2 aromatic carbocycles. The molecule has 0 fully saturated rings. The van der Waals surface area contributed by atoms with Gasteiger partial charge in [0, 0.05) is 27.9 Å². The molecule has 0 radical (unpaired) electrons. The Kier molecular flexibility index (Phi) is 6.47. The average Bonchev–Trinajstić information content (AvgIpc) is 3.09. The Balaban J connectivity index is 1.69. The van der Waals surface area contributed by atoms with Crippen molar-refractivity contribution < 1.29 is 14.3 Å². The SMILES string of the molecule is COc1ccc2c(c1)c(CC(=O)NCc1ncccc1C)c(C)n2C(=O)c1ccc(Cl)cc1. The molecule has 0 atom stereocenters. The highest BCUT2D eigenvalue weighted by atomic mass is 35.5. The summed E-state index contributed by atoms with van der Waals surface area (Å²) in [6.07, 6.45) is 1.84. The topological polar surface area (TPSA) is 73.2 Å². The van der Waals surface area contributed by atoms with Crippen molar-refractivity contribution in [3.8, 4) is 5.75 Å². The zero-order chi connectivity index (χ0) is 23.5. The molecule has 168 valence electrons. The number of rotatable bonds is 6. The summed E-state index contributed by atoms with van der Waals surface area (Å²) in [7, 11) is 1.59. The van der Waals surface area contributed by atoms with Gasteiger partial charge in [-0.25, -0.2) is 0 Å². The average molecular weight is 462 g/mol. The van der Waals surface area contributed by atoms with Gasteiger partial charge >= 0.3 is 0 Å².